The number of ether oxygens (including phenoxy) is 2. The standard InChI is InChI=1S/C16H28N2O3/c1-11(2)17-7-13-6-14(21-12(13)3)8-18-9-15(19-4)16(10-18)20-5/h6,11,15-17H,7-10H2,1-5H3. The Morgan fingerprint density at radius 1 is 1.29 bits per heavy atom. The smallest absolute Gasteiger partial charge is 0.118 e. The van der Waals surface area contributed by atoms with Gasteiger partial charge < -0.3 is 19.2 Å². The minimum atomic E-state index is 0.146. The van der Waals surface area contributed by atoms with E-state index in [9.17, 15) is 0 Å². The highest BCUT2D eigenvalue weighted by Gasteiger charge is 2.33. The first-order chi connectivity index (χ1) is 10.0. The number of hydrogen-bond acceptors (Lipinski definition) is 5. The van der Waals surface area contributed by atoms with E-state index in [1.54, 1.807) is 14.2 Å². The number of likely N-dealkylation sites (tertiary alicyclic amines) is 1. The summed E-state index contributed by atoms with van der Waals surface area (Å²) < 4.78 is 16.8. The Labute approximate surface area is 127 Å². The highest BCUT2D eigenvalue weighted by molar-refractivity contribution is 5.21. The summed E-state index contributed by atoms with van der Waals surface area (Å²) in [6, 6.07) is 2.64. The molecule has 2 atom stereocenters. The molecule has 21 heavy (non-hydrogen) atoms. The second kappa shape index (κ2) is 7.40. The third-order valence-electron chi connectivity index (χ3n) is 4.05. The van der Waals surface area contributed by atoms with Gasteiger partial charge in [-0.05, 0) is 13.0 Å². The van der Waals surface area contributed by atoms with Crippen LogP contribution < -0.4 is 5.32 Å². The molecule has 1 N–H and O–H groups in total. The molecule has 1 fully saturated rings. The molecular formula is C16H28N2O3. The minimum absolute atomic E-state index is 0.146. The predicted octanol–water partition coefficient (Wildman–Crippen LogP) is 1.93. The third-order valence-corrected chi connectivity index (χ3v) is 4.05. The van der Waals surface area contributed by atoms with Gasteiger partial charge in [-0.25, -0.2) is 0 Å². The molecule has 1 aromatic heterocycles. The number of nitrogens with zero attached hydrogens (tertiary/aromatic N) is 1. The number of furan rings is 1. The molecule has 0 aromatic carbocycles. The van der Waals surface area contributed by atoms with Crippen molar-refractivity contribution in [1.29, 1.82) is 0 Å². The van der Waals surface area contributed by atoms with E-state index in [1.807, 2.05) is 6.92 Å². The highest BCUT2D eigenvalue weighted by Crippen LogP contribution is 2.21. The van der Waals surface area contributed by atoms with Crippen molar-refractivity contribution >= 4 is 0 Å². The molecule has 5 nitrogen and oxygen atoms in total. The lowest BCUT2D eigenvalue weighted by Crippen LogP contribution is -2.27. The van der Waals surface area contributed by atoms with Crippen LogP contribution in [0, 0.1) is 6.92 Å². The number of hydrogen-bond donors (Lipinski definition) is 1. The van der Waals surface area contributed by atoms with Gasteiger partial charge in [0.25, 0.3) is 0 Å². The first kappa shape index (κ1) is 16.5. The molecule has 2 heterocycles. The molecule has 0 bridgehead atoms. The second-order valence-electron chi connectivity index (χ2n) is 6.07. The van der Waals surface area contributed by atoms with Crippen LogP contribution in [0.3, 0.4) is 0 Å². The van der Waals surface area contributed by atoms with Gasteiger partial charge in [0.2, 0.25) is 0 Å². The van der Waals surface area contributed by atoms with Crippen molar-refractivity contribution in [2.75, 3.05) is 27.3 Å². The molecule has 1 saturated heterocycles. The van der Waals surface area contributed by atoms with Crippen LogP contribution in [0.15, 0.2) is 10.5 Å². The molecule has 0 aliphatic carbocycles. The number of aryl methyl sites for hydroxylation is 1. The Morgan fingerprint density at radius 2 is 1.90 bits per heavy atom. The van der Waals surface area contributed by atoms with Crippen molar-refractivity contribution in [1.82, 2.24) is 10.2 Å². The van der Waals surface area contributed by atoms with Crippen molar-refractivity contribution in [2.24, 2.45) is 0 Å². The van der Waals surface area contributed by atoms with E-state index in [0.717, 1.165) is 37.7 Å². The van der Waals surface area contributed by atoms with Crippen molar-refractivity contribution in [3.8, 4) is 0 Å². The molecule has 0 saturated carbocycles. The summed E-state index contributed by atoms with van der Waals surface area (Å²) in [5.41, 5.74) is 1.24. The molecule has 0 radical (unpaired) electrons. The van der Waals surface area contributed by atoms with E-state index in [1.165, 1.54) is 5.56 Å². The largest absolute Gasteiger partial charge is 0.465 e. The predicted molar refractivity (Wildman–Crippen MR) is 82.3 cm³/mol. The van der Waals surface area contributed by atoms with E-state index in [2.05, 4.69) is 30.1 Å². The van der Waals surface area contributed by atoms with Crippen molar-refractivity contribution in [3.05, 3.63) is 23.2 Å². The minimum Gasteiger partial charge on any atom is -0.465 e. The van der Waals surface area contributed by atoms with Crippen LogP contribution in [0.5, 0.6) is 0 Å². The molecular weight excluding hydrogens is 268 g/mol. The molecule has 0 spiro atoms. The van der Waals surface area contributed by atoms with E-state index in [0.29, 0.717) is 6.04 Å². The lowest BCUT2D eigenvalue weighted by atomic mass is 10.2. The van der Waals surface area contributed by atoms with Crippen LogP contribution in [0.1, 0.15) is 30.9 Å². The van der Waals surface area contributed by atoms with Gasteiger partial charge >= 0.3 is 0 Å². The van der Waals surface area contributed by atoms with Gasteiger partial charge in [0.05, 0.1) is 18.8 Å². The Bertz CT molecular complexity index is 433. The fraction of sp³-hybridized carbons (Fsp3) is 0.750. The first-order valence-corrected chi connectivity index (χ1v) is 7.63. The fourth-order valence-electron chi connectivity index (χ4n) is 2.78. The number of methoxy groups -OCH3 is 2. The zero-order chi connectivity index (χ0) is 15.4. The molecule has 2 unspecified atom stereocenters. The maximum atomic E-state index is 5.88. The fourth-order valence-corrected chi connectivity index (χ4v) is 2.78. The summed E-state index contributed by atoms with van der Waals surface area (Å²) in [5.74, 6) is 2.02. The zero-order valence-electron chi connectivity index (χ0n) is 13.8. The van der Waals surface area contributed by atoms with Gasteiger partial charge in [-0.1, -0.05) is 13.8 Å². The van der Waals surface area contributed by atoms with Gasteiger partial charge in [-0.2, -0.15) is 0 Å². The molecule has 1 aliphatic heterocycles. The molecule has 120 valence electrons. The monoisotopic (exact) mass is 296 g/mol. The zero-order valence-corrected chi connectivity index (χ0v) is 13.8. The van der Waals surface area contributed by atoms with Crippen molar-refractivity contribution < 1.29 is 13.9 Å². The van der Waals surface area contributed by atoms with Crippen molar-refractivity contribution in [2.45, 2.75) is 52.1 Å². The van der Waals surface area contributed by atoms with Crippen LogP contribution in [0.2, 0.25) is 0 Å². The Morgan fingerprint density at radius 3 is 2.43 bits per heavy atom. The van der Waals surface area contributed by atoms with Gasteiger partial charge in [-0.3, -0.25) is 4.90 Å². The van der Waals surface area contributed by atoms with Gasteiger partial charge in [0.15, 0.2) is 0 Å². The third kappa shape index (κ3) is 4.30. The quantitative estimate of drug-likeness (QED) is 0.833. The second-order valence-corrected chi connectivity index (χ2v) is 6.07. The van der Waals surface area contributed by atoms with E-state index in [4.69, 9.17) is 13.9 Å². The van der Waals surface area contributed by atoms with Gasteiger partial charge in [-0.15, -0.1) is 0 Å². The molecule has 0 amide bonds. The number of nitrogens with one attached hydrogen (secondary N) is 1. The summed E-state index contributed by atoms with van der Waals surface area (Å²) in [7, 11) is 3.49. The Kier molecular flexibility index (Phi) is 5.81. The summed E-state index contributed by atoms with van der Waals surface area (Å²) in [5, 5.41) is 3.43. The van der Waals surface area contributed by atoms with E-state index in [-0.39, 0.29) is 12.2 Å². The maximum absolute atomic E-state index is 5.88. The van der Waals surface area contributed by atoms with Gasteiger partial charge in [0.1, 0.15) is 11.5 Å². The Hall–Kier alpha value is -0.880. The molecule has 1 aromatic rings. The lowest BCUT2D eigenvalue weighted by molar-refractivity contribution is -0.00461. The van der Waals surface area contributed by atoms with Crippen LogP contribution in [-0.4, -0.2) is 50.5 Å². The van der Waals surface area contributed by atoms with Crippen LogP contribution in [0.4, 0.5) is 0 Å². The Balaban J connectivity index is 1.93. The van der Waals surface area contributed by atoms with Crippen LogP contribution in [0.25, 0.3) is 0 Å². The van der Waals surface area contributed by atoms with Crippen molar-refractivity contribution in [3.63, 3.8) is 0 Å². The van der Waals surface area contributed by atoms with Crippen LogP contribution >= 0.6 is 0 Å². The average molecular weight is 296 g/mol. The normalized spacial score (nSPS) is 23.3. The highest BCUT2D eigenvalue weighted by atomic mass is 16.5. The first-order valence-electron chi connectivity index (χ1n) is 7.63. The summed E-state index contributed by atoms with van der Waals surface area (Å²) in [4.78, 5) is 2.32. The topological polar surface area (TPSA) is 46.9 Å². The molecule has 1 aliphatic rings. The van der Waals surface area contributed by atoms with Crippen LogP contribution in [-0.2, 0) is 22.6 Å². The molecule has 5 heteroatoms. The summed E-state index contributed by atoms with van der Waals surface area (Å²) >= 11 is 0. The number of rotatable bonds is 7. The van der Waals surface area contributed by atoms with E-state index >= 15 is 0 Å². The SMILES string of the molecule is COC1CN(Cc2cc(CNC(C)C)c(C)o2)CC1OC. The van der Waals surface area contributed by atoms with Gasteiger partial charge in [0, 0.05) is 45.5 Å². The average Bonchev–Trinajstić information content (AvgIpc) is 2.99. The maximum Gasteiger partial charge on any atom is 0.118 e. The lowest BCUT2D eigenvalue weighted by Gasteiger charge is -2.13. The summed E-state index contributed by atoms with van der Waals surface area (Å²) in [6.07, 6.45) is 0.293. The molecule has 2 rings (SSSR count). The summed E-state index contributed by atoms with van der Waals surface area (Å²) in [6.45, 7) is 9.76. The van der Waals surface area contributed by atoms with E-state index < -0.39 is 0 Å².